The zero-order valence-corrected chi connectivity index (χ0v) is 10.8. The highest BCUT2D eigenvalue weighted by Gasteiger charge is 2.37. The minimum Gasteiger partial charge on any atom is -0.308 e. The Labute approximate surface area is 93.1 Å². The summed E-state index contributed by atoms with van der Waals surface area (Å²) in [5.74, 6) is 0. The summed E-state index contributed by atoms with van der Waals surface area (Å²) in [6.07, 6.45) is 6.13. The van der Waals surface area contributed by atoms with E-state index in [-0.39, 0.29) is 5.66 Å². The van der Waals surface area contributed by atoms with Crippen molar-refractivity contribution in [3.05, 3.63) is 0 Å². The molecule has 0 aromatic carbocycles. The molecule has 0 aromatic heterocycles. The van der Waals surface area contributed by atoms with E-state index in [1.165, 1.54) is 12.8 Å². The fourth-order valence-electron chi connectivity index (χ4n) is 1.91. The molecule has 0 N–H and O–H groups in total. The van der Waals surface area contributed by atoms with Crippen LogP contribution in [0.2, 0.25) is 0 Å². The van der Waals surface area contributed by atoms with Crippen molar-refractivity contribution in [2.24, 2.45) is 0 Å². The Bertz CT molecular complexity index is 200. The average Bonchev–Trinajstić information content (AvgIpc) is 2.77. The highest BCUT2D eigenvalue weighted by molar-refractivity contribution is 7.54. The first-order valence-corrected chi connectivity index (χ1v) is 7.73. The van der Waals surface area contributed by atoms with E-state index in [0.717, 1.165) is 25.7 Å². The van der Waals surface area contributed by atoms with Crippen molar-refractivity contribution in [3.63, 3.8) is 0 Å². The molecule has 0 amide bonds. The molecule has 0 atom stereocenters. The zero-order valence-electron chi connectivity index (χ0n) is 9.91. The van der Waals surface area contributed by atoms with E-state index < -0.39 is 7.60 Å². The van der Waals surface area contributed by atoms with Crippen LogP contribution in [0.3, 0.4) is 0 Å². The van der Waals surface area contributed by atoms with Gasteiger partial charge in [-0.1, -0.05) is 26.7 Å². The van der Waals surface area contributed by atoms with Crippen LogP contribution >= 0.6 is 7.60 Å². The van der Waals surface area contributed by atoms with Crippen LogP contribution in [0.25, 0.3) is 0 Å². The van der Waals surface area contributed by atoms with Crippen molar-refractivity contribution in [1.82, 2.24) is 0 Å². The standard InChI is InChI=1S/C11H23O3P/c1-3-9-13-15(12,14-10-4-2)11-7-5-6-8-11/h11H,3-10H2,1-2H3. The van der Waals surface area contributed by atoms with Crippen molar-refractivity contribution in [2.45, 2.75) is 58.0 Å². The summed E-state index contributed by atoms with van der Waals surface area (Å²) in [6, 6.07) is 0. The van der Waals surface area contributed by atoms with E-state index in [1.54, 1.807) is 0 Å². The van der Waals surface area contributed by atoms with Gasteiger partial charge in [-0.05, 0) is 25.7 Å². The summed E-state index contributed by atoms with van der Waals surface area (Å²) < 4.78 is 23.5. The second kappa shape index (κ2) is 6.67. The lowest BCUT2D eigenvalue weighted by Gasteiger charge is -2.23. The van der Waals surface area contributed by atoms with Gasteiger partial charge in [-0.2, -0.15) is 0 Å². The van der Waals surface area contributed by atoms with Gasteiger partial charge in [0.2, 0.25) is 0 Å². The number of rotatable bonds is 7. The smallest absolute Gasteiger partial charge is 0.308 e. The number of hydrogen-bond donors (Lipinski definition) is 0. The molecule has 4 heteroatoms. The quantitative estimate of drug-likeness (QED) is 0.625. The maximum atomic E-state index is 12.5. The lowest BCUT2D eigenvalue weighted by molar-refractivity contribution is 0.197. The third-order valence-corrected chi connectivity index (χ3v) is 5.22. The van der Waals surface area contributed by atoms with E-state index in [2.05, 4.69) is 0 Å². The molecule has 0 bridgehead atoms. The molecule has 1 saturated carbocycles. The summed E-state index contributed by atoms with van der Waals surface area (Å²) in [5, 5.41) is 0. The van der Waals surface area contributed by atoms with Gasteiger partial charge >= 0.3 is 7.60 Å². The monoisotopic (exact) mass is 234 g/mol. The van der Waals surface area contributed by atoms with Gasteiger partial charge in [-0.3, -0.25) is 4.57 Å². The Morgan fingerprint density at radius 3 is 1.93 bits per heavy atom. The maximum absolute atomic E-state index is 12.5. The van der Waals surface area contributed by atoms with Gasteiger partial charge in [-0.15, -0.1) is 0 Å². The Kier molecular flexibility index (Phi) is 5.88. The number of hydrogen-bond acceptors (Lipinski definition) is 3. The molecular weight excluding hydrogens is 211 g/mol. The summed E-state index contributed by atoms with van der Waals surface area (Å²) in [5.41, 5.74) is 0.163. The third kappa shape index (κ3) is 3.90. The van der Waals surface area contributed by atoms with Crippen LogP contribution in [0.5, 0.6) is 0 Å². The lowest BCUT2D eigenvalue weighted by atomic mass is 10.4. The highest BCUT2D eigenvalue weighted by atomic mass is 31.2. The molecule has 1 rings (SSSR count). The van der Waals surface area contributed by atoms with Crippen molar-refractivity contribution >= 4 is 7.60 Å². The molecule has 0 radical (unpaired) electrons. The Morgan fingerprint density at radius 2 is 1.53 bits per heavy atom. The SMILES string of the molecule is CCCOP(=O)(OCCC)C1CCCC1. The fraction of sp³-hybridized carbons (Fsp3) is 1.00. The Balaban J connectivity index is 2.53. The molecule has 0 heterocycles. The van der Waals surface area contributed by atoms with Gasteiger partial charge in [0.15, 0.2) is 0 Å². The predicted molar refractivity (Wildman–Crippen MR) is 62.3 cm³/mol. The molecule has 15 heavy (non-hydrogen) atoms. The molecule has 1 aliphatic rings. The average molecular weight is 234 g/mol. The van der Waals surface area contributed by atoms with Crippen LogP contribution < -0.4 is 0 Å². The second-order valence-electron chi connectivity index (χ2n) is 4.14. The maximum Gasteiger partial charge on any atom is 0.333 e. The molecule has 90 valence electrons. The summed E-state index contributed by atoms with van der Waals surface area (Å²) in [7, 11) is -2.80. The predicted octanol–water partition coefficient (Wildman–Crippen LogP) is 3.98. The molecule has 0 aromatic rings. The van der Waals surface area contributed by atoms with Gasteiger partial charge < -0.3 is 9.05 Å². The van der Waals surface area contributed by atoms with Crippen LogP contribution in [0, 0.1) is 0 Å². The van der Waals surface area contributed by atoms with Crippen LogP contribution in [-0.2, 0) is 13.6 Å². The van der Waals surface area contributed by atoms with E-state index in [4.69, 9.17) is 9.05 Å². The van der Waals surface area contributed by atoms with E-state index >= 15 is 0 Å². The molecule has 0 spiro atoms. The van der Waals surface area contributed by atoms with E-state index in [0.29, 0.717) is 13.2 Å². The molecule has 0 unspecified atom stereocenters. The van der Waals surface area contributed by atoms with Gasteiger partial charge in [0.05, 0.1) is 18.9 Å². The molecule has 1 aliphatic carbocycles. The van der Waals surface area contributed by atoms with Gasteiger partial charge in [0.1, 0.15) is 0 Å². The van der Waals surface area contributed by atoms with Crippen LogP contribution in [0.4, 0.5) is 0 Å². The first-order chi connectivity index (χ1) is 7.23. The second-order valence-corrected chi connectivity index (χ2v) is 6.47. The van der Waals surface area contributed by atoms with Crippen molar-refractivity contribution in [2.75, 3.05) is 13.2 Å². The molecule has 1 fully saturated rings. The van der Waals surface area contributed by atoms with Gasteiger partial charge in [0, 0.05) is 0 Å². The Morgan fingerprint density at radius 1 is 1.07 bits per heavy atom. The molecule has 3 nitrogen and oxygen atoms in total. The lowest BCUT2D eigenvalue weighted by Crippen LogP contribution is -2.10. The molecule has 0 saturated heterocycles. The highest BCUT2D eigenvalue weighted by Crippen LogP contribution is 2.58. The molecule has 0 aliphatic heterocycles. The summed E-state index contributed by atoms with van der Waals surface area (Å²) in [6.45, 7) is 5.16. The topological polar surface area (TPSA) is 35.5 Å². The van der Waals surface area contributed by atoms with Gasteiger partial charge in [0.25, 0.3) is 0 Å². The largest absolute Gasteiger partial charge is 0.333 e. The summed E-state index contributed by atoms with van der Waals surface area (Å²) >= 11 is 0. The summed E-state index contributed by atoms with van der Waals surface area (Å²) in [4.78, 5) is 0. The van der Waals surface area contributed by atoms with Crippen molar-refractivity contribution in [3.8, 4) is 0 Å². The molecular formula is C11H23O3P. The van der Waals surface area contributed by atoms with E-state index in [1.807, 2.05) is 13.8 Å². The van der Waals surface area contributed by atoms with Gasteiger partial charge in [-0.25, -0.2) is 0 Å². The minimum absolute atomic E-state index is 0.163. The van der Waals surface area contributed by atoms with E-state index in [9.17, 15) is 4.57 Å². The van der Waals surface area contributed by atoms with Crippen molar-refractivity contribution in [1.29, 1.82) is 0 Å². The normalized spacial score (nSPS) is 18.5. The third-order valence-electron chi connectivity index (χ3n) is 2.72. The zero-order chi connectivity index (χ0) is 11.1. The van der Waals surface area contributed by atoms with Crippen molar-refractivity contribution < 1.29 is 13.6 Å². The van der Waals surface area contributed by atoms with Crippen LogP contribution in [0.1, 0.15) is 52.4 Å². The fourth-order valence-corrected chi connectivity index (χ4v) is 4.27. The van der Waals surface area contributed by atoms with Crippen LogP contribution in [0.15, 0.2) is 0 Å². The first kappa shape index (κ1) is 13.2. The Hall–Kier alpha value is 0.150. The van der Waals surface area contributed by atoms with Crippen LogP contribution in [-0.4, -0.2) is 18.9 Å². The minimum atomic E-state index is -2.80. The first-order valence-electron chi connectivity index (χ1n) is 6.11.